The van der Waals surface area contributed by atoms with Gasteiger partial charge in [-0.25, -0.2) is 12.8 Å². The van der Waals surface area contributed by atoms with Crippen LogP contribution >= 0.6 is 0 Å². The fraction of sp³-hybridized carbons (Fsp3) is 0.350. The fourth-order valence-electron chi connectivity index (χ4n) is 3.34. The number of sulfonamides is 1. The van der Waals surface area contributed by atoms with Gasteiger partial charge in [-0.1, -0.05) is 17.7 Å². The normalized spacial score (nSPS) is 18.5. The zero-order chi connectivity index (χ0) is 19.8. The first-order chi connectivity index (χ1) is 12.7. The molecule has 0 N–H and O–H groups in total. The van der Waals surface area contributed by atoms with Crippen LogP contribution in [0.15, 0.2) is 47.4 Å². The quantitative estimate of drug-likeness (QED) is 0.752. The van der Waals surface area contributed by atoms with E-state index >= 15 is 0 Å². The van der Waals surface area contributed by atoms with Gasteiger partial charge in [0.25, 0.3) is 0 Å². The lowest BCUT2D eigenvalue weighted by Gasteiger charge is -2.40. The summed E-state index contributed by atoms with van der Waals surface area (Å²) in [5.41, 5.74) is 1.71. The average molecular weight is 390 g/mol. The second-order valence-electron chi connectivity index (χ2n) is 6.95. The summed E-state index contributed by atoms with van der Waals surface area (Å²) in [5, 5.41) is 0. The third kappa shape index (κ3) is 3.89. The van der Waals surface area contributed by atoms with Crippen molar-refractivity contribution in [2.24, 2.45) is 0 Å². The van der Waals surface area contributed by atoms with Gasteiger partial charge in [0.15, 0.2) is 5.78 Å². The minimum atomic E-state index is -3.59. The first-order valence-corrected chi connectivity index (χ1v) is 10.3. The number of hydrogen-bond acceptors (Lipinski definition) is 4. The number of Topliss-reactive ketones (excluding diaryl/α,β-unsaturated/α-hetero) is 1. The van der Waals surface area contributed by atoms with E-state index in [1.807, 2.05) is 18.7 Å². The van der Waals surface area contributed by atoms with Crippen LogP contribution in [0.1, 0.15) is 29.8 Å². The lowest BCUT2D eigenvalue weighted by molar-refractivity contribution is 0.101. The highest BCUT2D eigenvalue weighted by Crippen LogP contribution is 2.27. The first-order valence-electron chi connectivity index (χ1n) is 8.84. The third-order valence-electron chi connectivity index (χ3n) is 4.89. The zero-order valence-corrected chi connectivity index (χ0v) is 16.5. The fourth-order valence-corrected chi connectivity index (χ4v) is 4.96. The van der Waals surface area contributed by atoms with Crippen LogP contribution in [0, 0.1) is 12.7 Å². The number of rotatable bonds is 4. The van der Waals surface area contributed by atoms with Crippen molar-refractivity contribution in [3.8, 4) is 0 Å². The van der Waals surface area contributed by atoms with Crippen LogP contribution in [0.4, 0.5) is 10.1 Å². The molecule has 0 bridgehead atoms. The van der Waals surface area contributed by atoms with E-state index in [2.05, 4.69) is 0 Å². The van der Waals surface area contributed by atoms with Crippen LogP contribution in [-0.4, -0.2) is 44.2 Å². The number of nitrogens with zero attached hydrogens (tertiary/aromatic N) is 2. The molecule has 1 aliphatic rings. The summed E-state index contributed by atoms with van der Waals surface area (Å²) in [5.74, 6) is -0.660. The predicted octanol–water partition coefficient (Wildman–Crippen LogP) is 3.24. The molecule has 0 radical (unpaired) electrons. The molecule has 0 spiro atoms. The molecule has 2 aromatic carbocycles. The van der Waals surface area contributed by atoms with Crippen molar-refractivity contribution in [2.45, 2.75) is 31.7 Å². The second-order valence-corrected chi connectivity index (χ2v) is 8.84. The van der Waals surface area contributed by atoms with Gasteiger partial charge >= 0.3 is 0 Å². The van der Waals surface area contributed by atoms with E-state index in [4.69, 9.17) is 0 Å². The monoisotopic (exact) mass is 390 g/mol. The van der Waals surface area contributed by atoms with E-state index in [0.717, 1.165) is 5.56 Å². The number of piperazine rings is 1. The van der Waals surface area contributed by atoms with Gasteiger partial charge in [0.1, 0.15) is 5.82 Å². The van der Waals surface area contributed by atoms with E-state index in [0.29, 0.717) is 24.3 Å². The average Bonchev–Trinajstić information content (AvgIpc) is 2.61. The molecule has 7 heteroatoms. The van der Waals surface area contributed by atoms with E-state index in [1.165, 1.54) is 17.3 Å². The Morgan fingerprint density at radius 3 is 2.33 bits per heavy atom. The van der Waals surface area contributed by atoms with E-state index in [-0.39, 0.29) is 23.3 Å². The van der Waals surface area contributed by atoms with E-state index in [9.17, 15) is 17.6 Å². The van der Waals surface area contributed by atoms with Gasteiger partial charge in [0, 0.05) is 31.2 Å². The third-order valence-corrected chi connectivity index (χ3v) is 6.92. The van der Waals surface area contributed by atoms with Crippen LogP contribution in [-0.2, 0) is 10.0 Å². The molecule has 0 saturated carbocycles. The molecular formula is C20H23FN2O3S. The summed E-state index contributed by atoms with van der Waals surface area (Å²) >= 11 is 0. The topological polar surface area (TPSA) is 57.7 Å². The highest BCUT2D eigenvalue weighted by Gasteiger charge is 2.34. The number of carbonyl (C=O) groups is 1. The summed E-state index contributed by atoms with van der Waals surface area (Å²) in [4.78, 5) is 13.5. The van der Waals surface area contributed by atoms with Gasteiger partial charge in [-0.05, 0) is 51.1 Å². The van der Waals surface area contributed by atoms with E-state index < -0.39 is 15.8 Å². The van der Waals surface area contributed by atoms with Crippen molar-refractivity contribution in [1.29, 1.82) is 0 Å². The lowest BCUT2D eigenvalue weighted by Crippen LogP contribution is -2.54. The van der Waals surface area contributed by atoms with Crippen molar-refractivity contribution in [3.63, 3.8) is 0 Å². The summed E-state index contributed by atoms with van der Waals surface area (Å²) in [6.07, 6.45) is 0. The van der Waals surface area contributed by atoms with E-state index in [1.54, 1.807) is 36.4 Å². The Kier molecular flexibility index (Phi) is 5.35. The Morgan fingerprint density at radius 2 is 1.78 bits per heavy atom. The van der Waals surface area contributed by atoms with Crippen molar-refractivity contribution >= 4 is 21.5 Å². The molecule has 0 aromatic heterocycles. The predicted molar refractivity (Wildman–Crippen MR) is 103 cm³/mol. The van der Waals surface area contributed by atoms with Gasteiger partial charge < -0.3 is 4.90 Å². The zero-order valence-electron chi connectivity index (χ0n) is 15.6. The Balaban J connectivity index is 1.80. The number of halogens is 1. The standard InChI is InChI=1S/C20H23FN2O3S/c1-14-4-7-18(8-5-14)27(25,26)23-11-10-22(13-15(23)2)20-9-6-17(16(3)24)12-19(20)21/h4-9,12,15H,10-11,13H2,1-3H3. The number of hydrogen-bond donors (Lipinski definition) is 0. The number of benzene rings is 2. The first kappa shape index (κ1) is 19.5. The number of carbonyl (C=O) groups excluding carboxylic acids is 1. The minimum Gasteiger partial charge on any atom is -0.366 e. The molecule has 3 rings (SSSR count). The summed E-state index contributed by atoms with van der Waals surface area (Å²) < 4.78 is 41.8. The molecule has 0 aliphatic carbocycles. The molecule has 1 fully saturated rings. The molecule has 1 unspecified atom stereocenters. The van der Waals surface area contributed by atoms with Crippen molar-refractivity contribution < 1.29 is 17.6 Å². The second kappa shape index (κ2) is 7.40. The highest BCUT2D eigenvalue weighted by molar-refractivity contribution is 7.89. The summed E-state index contributed by atoms with van der Waals surface area (Å²) in [6, 6.07) is 10.9. The van der Waals surface area contributed by atoms with Gasteiger partial charge in [-0.3, -0.25) is 4.79 Å². The molecule has 1 atom stereocenters. The van der Waals surface area contributed by atoms with Crippen molar-refractivity contribution in [1.82, 2.24) is 4.31 Å². The Morgan fingerprint density at radius 1 is 1.11 bits per heavy atom. The Hall–Kier alpha value is -2.25. The Bertz CT molecular complexity index is 958. The highest BCUT2D eigenvalue weighted by atomic mass is 32.2. The van der Waals surface area contributed by atoms with Gasteiger partial charge in [0.05, 0.1) is 10.6 Å². The largest absolute Gasteiger partial charge is 0.366 e. The number of anilines is 1. The smallest absolute Gasteiger partial charge is 0.243 e. The van der Waals surface area contributed by atoms with Crippen molar-refractivity contribution in [3.05, 3.63) is 59.4 Å². The van der Waals surface area contributed by atoms with Gasteiger partial charge in [-0.2, -0.15) is 4.31 Å². The molecular weight excluding hydrogens is 367 g/mol. The summed E-state index contributed by atoms with van der Waals surface area (Å²) in [7, 11) is -3.59. The molecule has 1 heterocycles. The maximum atomic E-state index is 14.4. The molecule has 144 valence electrons. The minimum absolute atomic E-state index is 0.192. The Labute approximate surface area is 159 Å². The molecule has 0 amide bonds. The van der Waals surface area contributed by atoms with Crippen molar-refractivity contribution in [2.75, 3.05) is 24.5 Å². The van der Waals surface area contributed by atoms with Crippen LogP contribution in [0.2, 0.25) is 0 Å². The lowest BCUT2D eigenvalue weighted by atomic mass is 10.1. The number of ketones is 1. The SMILES string of the molecule is CC(=O)c1ccc(N2CCN(S(=O)(=O)c3ccc(C)cc3)C(C)C2)c(F)c1. The van der Waals surface area contributed by atoms with Crippen LogP contribution in [0.3, 0.4) is 0 Å². The molecule has 2 aromatic rings. The maximum absolute atomic E-state index is 14.4. The molecule has 5 nitrogen and oxygen atoms in total. The number of aryl methyl sites for hydroxylation is 1. The molecule has 1 saturated heterocycles. The van der Waals surface area contributed by atoms with Crippen LogP contribution in [0.5, 0.6) is 0 Å². The van der Waals surface area contributed by atoms with Crippen LogP contribution < -0.4 is 4.90 Å². The van der Waals surface area contributed by atoms with Gasteiger partial charge in [0.2, 0.25) is 10.0 Å². The molecule has 1 aliphatic heterocycles. The van der Waals surface area contributed by atoms with Crippen LogP contribution in [0.25, 0.3) is 0 Å². The molecule has 27 heavy (non-hydrogen) atoms. The maximum Gasteiger partial charge on any atom is 0.243 e. The van der Waals surface area contributed by atoms with Gasteiger partial charge in [-0.15, -0.1) is 0 Å². The summed E-state index contributed by atoms with van der Waals surface area (Å²) in [6.45, 7) is 6.15.